The summed E-state index contributed by atoms with van der Waals surface area (Å²) in [5.74, 6) is -0.486. The van der Waals surface area contributed by atoms with Crippen molar-refractivity contribution in [2.75, 3.05) is 13.7 Å². The van der Waals surface area contributed by atoms with Crippen LogP contribution >= 0.6 is 0 Å². The number of carbonyl (C=O) groups is 1. The molecule has 0 aliphatic carbocycles. The number of ether oxygens (including phenoxy) is 6. The molecule has 1 unspecified atom stereocenters. The largest absolute Gasteiger partial charge is 0.450 e. The van der Waals surface area contributed by atoms with Crippen molar-refractivity contribution in [2.45, 2.75) is 43.6 Å². The van der Waals surface area contributed by atoms with Crippen molar-refractivity contribution in [2.24, 2.45) is 0 Å². The molecular weight excluding hydrogens is 448 g/mol. The van der Waals surface area contributed by atoms with Gasteiger partial charge in [-0.2, -0.15) is 0 Å². The Labute approximate surface area is 204 Å². The minimum Gasteiger partial charge on any atom is -0.450 e. The van der Waals surface area contributed by atoms with Crippen molar-refractivity contribution in [3.8, 4) is 0 Å². The molecule has 0 N–H and O–H groups in total. The second-order valence-electron chi connectivity index (χ2n) is 8.45. The Morgan fingerprint density at radius 2 is 1.51 bits per heavy atom. The third-order valence-electron chi connectivity index (χ3n) is 6.13. The molecule has 0 bridgehead atoms. The Bertz CT molecular complexity index is 1080. The average molecular weight is 477 g/mol. The zero-order chi connectivity index (χ0) is 24.0. The lowest BCUT2D eigenvalue weighted by Crippen LogP contribution is -2.63. The number of esters is 1. The third-order valence-corrected chi connectivity index (χ3v) is 6.13. The van der Waals surface area contributed by atoms with E-state index < -0.39 is 43.0 Å². The number of methoxy groups -OCH3 is 1. The lowest BCUT2D eigenvalue weighted by molar-refractivity contribution is -0.363. The molecular formula is C28H28O7. The summed E-state index contributed by atoms with van der Waals surface area (Å²) in [7, 11) is 1.51. The van der Waals surface area contributed by atoms with E-state index in [0.717, 1.165) is 11.1 Å². The third kappa shape index (κ3) is 5.45. The maximum Gasteiger partial charge on any atom is 0.338 e. The zero-order valence-corrected chi connectivity index (χ0v) is 19.4. The molecule has 2 saturated heterocycles. The monoisotopic (exact) mass is 476 g/mol. The van der Waals surface area contributed by atoms with Crippen LogP contribution < -0.4 is 0 Å². The Hall–Kier alpha value is -3.07. The standard InChI is InChI=1S/C28H28O7/c1-30-28-25(34-26(29)20-13-7-3-8-14-20)24(31-17-19-11-5-2-6-12-19)23-22(33-28)18-32-27(35-23)21-15-9-4-10-16-21/h2-16,22-25,27-28H,17-18H2,1H3/t22-,23-,24+,25-,27?,28+/m1/s1. The molecule has 2 aliphatic rings. The summed E-state index contributed by atoms with van der Waals surface area (Å²) >= 11 is 0. The van der Waals surface area contributed by atoms with Crippen LogP contribution in [0.2, 0.25) is 0 Å². The molecule has 0 radical (unpaired) electrons. The predicted octanol–water partition coefficient (Wildman–Crippen LogP) is 4.28. The van der Waals surface area contributed by atoms with Gasteiger partial charge in [0.15, 0.2) is 18.7 Å². The number of rotatable bonds is 7. The second kappa shape index (κ2) is 11.1. The van der Waals surface area contributed by atoms with E-state index in [4.69, 9.17) is 28.4 Å². The fourth-order valence-electron chi connectivity index (χ4n) is 4.36. The molecule has 0 saturated carbocycles. The van der Waals surface area contributed by atoms with E-state index in [2.05, 4.69) is 0 Å². The Morgan fingerprint density at radius 1 is 0.857 bits per heavy atom. The molecule has 2 fully saturated rings. The van der Waals surface area contributed by atoms with Crippen LogP contribution in [-0.2, 0) is 35.0 Å². The molecule has 6 atom stereocenters. The van der Waals surface area contributed by atoms with Gasteiger partial charge in [-0.05, 0) is 17.7 Å². The van der Waals surface area contributed by atoms with Gasteiger partial charge >= 0.3 is 5.97 Å². The van der Waals surface area contributed by atoms with E-state index in [9.17, 15) is 4.79 Å². The first kappa shape index (κ1) is 23.7. The molecule has 182 valence electrons. The molecule has 3 aromatic carbocycles. The van der Waals surface area contributed by atoms with Gasteiger partial charge < -0.3 is 28.4 Å². The molecule has 2 heterocycles. The number of hydrogen-bond donors (Lipinski definition) is 0. The quantitative estimate of drug-likeness (QED) is 0.471. The van der Waals surface area contributed by atoms with Crippen LogP contribution in [-0.4, -0.2) is 50.4 Å². The maximum atomic E-state index is 13.0. The van der Waals surface area contributed by atoms with Gasteiger partial charge in [0.2, 0.25) is 0 Å². The highest BCUT2D eigenvalue weighted by Gasteiger charge is 2.52. The second-order valence-corrected chi connectivity index (χ2v) is 8.45. The molecule has 0 spiro atoms. The van der Waals surface area contributed by atoms with Gasteiger partial charge in [0, 0.05) is 12.7 Å². The van der Waals surface area contributed by atoms with Gasteiger partial charge in [0.05, 0.1) is 18.8 Å². The van der Waals surface area contributed by atoms with E-state index in [0.29, 0.717) is 12.2 Å². The number of fused-ring (bicyclic) bond motifs is 1. The van der Waals surface area contributed by atoms with E-state index in [1.807, 2.05) is 66.7 Å². The van der Waals surface area contributed by atoms with Crippen LogP contribution in [0.1, 0.15) is 27.8 Å². The van der Waals surface area contributed by atoms with Crippen molar-refractivity contribution < 1.29 is 33.2 Å². The first-order valence-electron chi connectivity index (χ1n) is 11.6. The highest BCUT2D eigenvalue weighted by Crippen LogP contribution is 2.37. The first-order valence-corrected chi connectivity index (χ1v) is 11.6. The fourth-order valence-corrected chi connectivity index (χ4v) is 4.36. The lowest BCUT2D eigenvalue weighted by Gasteiger charge is -2.48. The maximum absolute atomic E-state index is 13.0. The molecule has 0 aromatic heterocycles. The molecule has 0 amide bonds. The van der Waals surface area contributed by atoms with E-state index in [-0.39, 0.29) is 6.61 Å². The van der Waals surface area contributed by atoms with Crippen molar-refractivity contribution in [1.29, 1.82) is 0 Å². The van der Waals surface area contributed by atoms with Gasteiger partial charge in [-0.1, -0.05) is 78.9 Å². The molecule has 7 heteroatoms. The van der Waals surface area contributed by atoms with Gasteiger partial charge in [0.25, 0.3) is 0 Å². The average Bonchev–Trinajstić information content (AvgIpc) is 2.93. The van der Waals surface area contributed by atoms with E-state index in [1.165, 1.54) is 7.11 Å². The van der Waals surface area contributed by atoms with Crippen LogP contribution in [0.5, 0.6) is 0 Å². The smallest absolute Gasteiger partial charge is 0.338 e. The minimum atomic E-state index is -0.854. The van der Waals surface area contributed by atoms with Crippen molar-refractivity contribution in [1.82, 2.24) is 0 Å². The van der Waals surface area contributed by atoms with Crippen LogP contribution in [0.15, 0.2) is 91.0 Å². The molecule has 5 rings (SSSR count). The summed E-state index contributed by atoms with van der Waals surface area (Å²) in [6, 6.07) is 28.3. The molecule has 2 aliphatic heterocycles. The van der Waals surface area contributed by atoms with Gasteiger partial charge in [0.1, 0.15) is 18.3 Å². The summed E-state index contributed by atoms with van der Waals surface area (Å²) in [5.41, 5.74) is 2.31. The number of hydrogen-bond acceptors (Lipinski definition) is 7. The van der Waals surface area contributed by atoms with E-state index in [1.54, 1.807) is 24.3 Å². The molecule has 7 nitrogen and oxygen atoms in total. The summed E-state index contributed by atoms with van der Waals surface area (Å²) in [4.78, 5) is 13.0. The number of carbonyl (C=O) groups excluding carboxylic acids is 1. The fraction of sp³-hybridized carbons (Fsp3) is 0.321. The summed E-state index contributed by atoms with van der Waals surface area (Å²) in [6.45, 7) is 0.597. The topological polar surface area (TPSA) is 72.5 Å². The van der Waals surface area contributed by atoms with Gasteiger partial charge in [-0.3, -0.25) is 0 Å². The minimum absolute atomic E-state index is 0.286. The predicted molar refractivity (Wildman–Crippen MR) is 126 cm³/mol. The highest BCUT2D eigenvalue weighted by atomic mass is 16.8. The van der Waals surface area contributed by atoms with Crippen LogP contribution in [0.3, 0.4) is 0 Å². The van der Waals surface area contributed by atoms with Crippen molar-refractivity contribution in [3.63, 3.8) is 0 Å². The van der Waals surface area contributed by atoms with Crippen molar-refractivity contribution >= 4 is 5.97 Å². The number of benzene rings is 3. The lowest BCUT2D eigenvalue weighted by atomic mass is 9.97. The van der Waals surface area contributed by atoms with Crippen molar-refractivity contribution in [3.05, 3.63) is 108 Å². The summed E-state index contributed by atoms with van der Waals surface area (Å²) < 4.78 is 36.4. The molecule has 3 aromatic rings. The first-order chi connectivity index (χ1) is 17.2. The van der Waals surface area contributed by atoms with Crippen LogP contribution in [0.25, 0.3) is 0 Å². The van der Waals surface area contributed by atoms with Crippen LogP contribution in [0.4, 0.5) is 0 Å². The Balaban J connectivity index is 1.42. The molecule has 35 heavy (non-hydrogen) atoms. The van der Waals surface area contributed by atoms with E-state index >= 15 is 0 Å². The normalized spacial score (nSPS) is 28.1. The Kier molecular flexibility index (Phi) is 7.51. The summed E-state index contributed by atoms with van der Waals surface area (Å²) in [5, 5.41) is 0. The van der Waals surface area contributed by atoms with Gasteiger partial charge in [-0.25, -0.2) is 4.79 Å². The summed E-state index contributed by atoms with van der Waals surface area (Å²) in [6.07, 6.45) is -3.93. The Morgan fingerprint density at radius 3 is 2.20 bits per heavy atom. The highest BCUT2D eigenvalue weighted by molar-refractivity contribution is 5.89. The van der Waals surface area contributed by atoms with Crippen LogP contribution in [0, 0.1) is 0 Å². The SMILES string of the molecule is CO[C@H]1O[C@@H]2COC(c3ccccc3)O[C@H]2[C@H](OCc2ccccc2)[C@H]1OC(=O)c1ccccc1. The van der Waals surface area contributed by atoms with Gasteiger partial charge in [-0.15, -0.1) is 0 Å². The zero-order valence-electron chi connectivity index (χ0n) is 19.4.